The number of hydrogen-bond donors (Lipinski definition) is 0. The second-order valence-electron chi connectivity index (χ2n) is 2.76. The van der Waals surface area contributed by atoms with Crippen LogP contribution in [0.15, 0.2) is 24.4 Å². The summed E-state index contributed by atoms with van der Waals surface area (Å²) in [5.41, 5.74) is 0.501. The van der Waals surface area contributed by atoms with Crippen molar-refractivity contribution in [1.29, 1.82) is 5.26 Å². The first-order valence-corrected chi connectivity index (χ1v) is 4.62. The zero-order valence-electron chi connectivity index (χ0n) is 6.96. The van der Waals surface area contributed by atoms with E-state index in [4.69, 9.17) is 28.5 Å². The molecular weight excluding hydrogens is 219 g/mol. The van der Waals surface area contributed by atoms with Gasteiger partial charge in [-0.3, -0.25) is 0 Å². The lowest BCUT2D eigenvalue weighted by Gasteiger charge is -2.01. The third-order valence-corrected chi connectivity index (χ3v) is 2.46. The molecule has 0 N–H and O–H groups in total. The number of hydrogen-bond acceptors (Lipinski definition) is 2. The summed E-state index contributed by atoms with van der Waals surface area (Å²) >= 11 is 11.7. The van der Waals surface area contributed by atoms with E-state index in [9.17, 15) is 0 Å². The molecule has 0 radical (unpaired) electrons. The minimum Gasteiger partial charge on any atom is -0.243 e. The molecule has 4 heteroatoms. The van der Waals surface area contributed by atoms with Crippen molar-refractivity contribution in [2.75, 3.05) is 0 Å². The molecule has 1 heterocycles. The van der Waals surface area contributed by atoms with Gasteiger partial charge < -0.3 is 0 Å². The van der Waals surface area contributed by atoms with Crippen LogP contribution in [0.25, 0.3) is 10.8 Å². The molecule has 0 unspecified atom stereocenters. The van der Waals surface area contributed by atoms with Crippen LogP contribution in [0.2, 0.25) is 10.2 Å². The van der Waals surface area contributed by atoms with E-state index in [-0.39, 0.29) is 0 Å². The molecule has 1 aromatic heterocycles. The molecule has 1 aromatic carbocycles. The number of nitriles is 1. The number of aromatic nitrogens is 1. The third kappa shape index (κ3) is 1.41. The Morgan fingerprint density at radius 3 is 2.71 bits per heavy atom. The first-order valence-electron chi connectivity index (χ1n) is 3.86. The molecule has 0 atom stereocenters. The fourth-order valence-corrected chi connectivity index (χ4v) is 1.65. The Kier molecular flexibility index (Phi) is 2.28. The normalized spacial score (nSPS) is 10.1. The van der Waals surface area contributed by atoms with Crippen LogP contribution in [0, 0.1) is 11.3 Å². The van der Waals surface area contributed by atoms with E-state index in [0.717, 1.165) is 5.39 Å². The van der Waals surface area contributed by atoms with Gasteiger partial charge in [-0.1, -0.05) is 29.3 Å². The highest BCUT2D eigenvalue weighted by Crippen LogP contribution is 2.26. The van der Waals surface area contributed by atoms with Crippen molar-refractivity contribution in [3.63, 3.8) is 0 Å². The zero-order valence-corrected chi connectivity index (χ0v) is 8.47. The van der Waals surface area contributed by atoms with Gasteiger partial charge in [-0.05, 0) is 12.1 Å². The summed E-state index contributed by atoms with van der Waals surface area (Å²) < 4.78 is 0. The van der Waals surface area contributed by atoms with Gasteiger partial charge in [0, 0.05) is 22.0 Å². The Balaban J connectivity index is 2.93. The largest absolute Gasteiger partial charge is 0.243 e. The smallest absolute Gasteiger partial charge is 0.136 e. The molecule has 2 rings (SSSR count). The highest BCUT2D eigenvalue weighted by Gasteiger charge is 2.05. The van der Waals surface area contributed by atoms with E-state index in [1.807, 2.05) is 0 Å². The summed E-state index contributed by atoms with van der Waals surface area (Å²) in [5, 5.41) is 11.3. The molecule has 0 aliphatic carbocycles. The Hall–Kier alpha value is -1.30. The van der Waals surface area contributed by atoms with Gasteiger partial charge in [0.25, 0.3) is 0 Å². The molecule has 0 saturated carbocycles. The van der Waals surface area contributed by atoms with E-state index in [0.29, 0.717) is 21.1 Å². The van der Waals surface area contributed by atoms with E-state index >= 15 is 0 Å². The van der Waals surface area contributed by atoms with Gasteiger partial charge in [0.1, 0.15) is 11.2 Å². The Bertz CT molecular complexity index is 544. The van der Waals surface area contributed by atoms with Crippen molar-refractivity contribution in [2.24, 2.45) is 0 Å². The number of benzene rings is 1. The van der Waals surface area contributed by atoms with Crippen LogP contribution in [-0.4, -0.2) is 4.98 Å². The number of fused-ring (bicyclic) bond motifs is 1. The molecule has 0 spiro atoms. The van der Waals surface area contributed by atoms with E-state index in [1.165, 1.54) is 6.20 Å². The van der Waals surface area contributed by atoms with Crippen LogP contribution < -0.4 is 0 Å². The summed E-state index contributed by atoms with van der Waals surface area (Å²) in [5.74, 6) is 0. The first-order chi connectivity index (χ1) is 6.72. The van der Waals surface area contributed by atoms with Crippen molar-refractivity contribution in [3.05, 3.63) is 40.1 Å². The standard InChI is InChI=1S/C10H4Cl2N2/c11-7-1-2-8-6(4-13)5-14-10(12)9(8)3-7/h1-3,5H. The average Bonchev–Trinajstić information content (AvgIpc) is 2.19. The first kappa shape index (κ1) is 9.26. The van der Waals surface area contributed by atoms with Gasteiger partial charge in [-0.25, -0.2) is 4.98 Å². The number of nitrogens with zero attached hydrogens (tertiary/aromatic N) is 2. The molecule has 0 aliphatic rings. The maximum atomic E-state index is 8.83. The minimum atomic E-state index is 0.363. The summed E-state index contributed by atoms with van der Waals surface area (Å²) in [6.45, 7) is 0. The highest BCUT2D eigenvalue weighted by molar-refractivity contribution is 6.36. The van der Waals surface area contributed by atoms with Gasteiger partial charge in [0.2, 0.25) is 0 Å². The Morgan fingerprint density at radius 2 is 2.00 bits per heavy atom. The molecule has 0 fully saturated rings. The van der Waals surface area contributed by atoms with Crippen LogP contribution in [0.3, 0.4) is 0 Å². The zero-order chi connectivity index (χ0) is 10.1. The molecule has 0 saturated heterocycles. The van der Waals surface area contributed by atoms with E-state index in [1.54, 1.807) is 18.2 Å². The summed E-state index contributed by atoms with van der Waals surface area (Å²) in [6.07, 6.45) is 1.46. The van der Waals surface area contributed by atoms with Crippen molar-refractivity contribution in [2.45, 2.75) is 0 Å². The molecule has 14 heavy (non-hydrogen) atoms. The fraction of sp³-hybridized carbons (Fsp3) is 0. The number of rotatable bonds is 0. The van der Waals surface area contributed by atoms with Crippen LogP contribution in [0.4, 0.5) is 0 Å². The van der Waals surface area contributed by atoms with Crippen LogP contribution in [0.1, 0.15) is 5.56 Å². The lowest BCUT2D eigenvalue weighted by Crippen LogP contribution is -1.84. The fourth-order valence-electron chi connectivity index (χ4n) is 1.27. The molecule has 0 aliphatic heterocycles. The predicted octanol–water partition coefficient (Wildman–Crippen LogP) is 3.41. The van der Waals surface area contributed by atoms with Crippen molar-refractivity contribution in [3.8, 4) is 6.07 Å². The summed E-state index contributed by atoms with van der Waals surface area (Å²) in [4.78, 5) is 3.90. The van der Waals surface area contributed by atoms with Gasteiger partial charge >= 0.3 is 0 Å². The summed E-state index contributed by atoms with van der Waals surface area (Å²) in [6, 6.07) is 7.24. The number of halogens is 2. The summed E-state index contributed by atoms with van der Waals surface area (Å²) in [7, 11) is 0. The van der Waals surface area contributed by atoms with Crippen LogP contribution >= 0.6 is 23.2 Å². The maximum absolute atomic E-state index is 8.83. The SMILES string of the molecule is N#Cc1cnc(Cl)c2cc(Cl)ccc12. The third-order valence-electron chi connectivity index (χ3n) is 1.92. The lowest BCUT2D eigenvalue weighted by molar-refractivity contribution is 1.34. The minimum absolute atomic E-state index is 0.363. The van der Waals surface area contributed by atoms with E-state index < -0.39 is 0 Å². The molecule has 68 valence electrons. The van der Waals surface area contributed by atoms with Gasteiger partial charge in [-0.15, -0.1) is 0 Å². The average molecular weight is 223 g/mol. The van der Waals surface area contributed by atoms with E-state index in [2.05, 4.69) is 11.1 Å². The second-order valence-corrected chi connectivity index (χ2v) is 3.56. The molecule has 2 aromatic rings. The second kappa shape index (κ2) is 3.45. The van der Waals surface area contributed by atoms with Gasteiger partial charge in [-0.2, -0.15) is 5.26 Å². The quantitative estimate of drug-likeness (QED) is 0.641. The molecule has 2 nitrogen and oxygen atoms in total. The topological polar surface area (TPSA) is 36.7 Å². The van der Waals surface area contributed by atoms with Crippen molar-refractivity contribution < 1.29 is 0 Å². The molecule has 0 bridgehead atoms. The Labute approximate surface area is 90.7 Å². The number of pyridine rings is 1. The van der Waals surface area contributed by atoms with Crippen molar-refractivity contribution >= 4 is 34.0 Å². The van der Waals surface area contributed by atoms with Crippen LogP contribution in [-0.2, 0) is 0 Å². The monoisotopic (exact) mass is 222 g/mol. The van der Waals surface area contributed by atoms with Crippen molar-refractivity contribution in [1.82, 2.24) is 4.98 Å². The molecular formula is C10H4Cl2N2. The van der Waals surface area contributed by atoms with Gasteiger partial charge in [0.15, 0.2) is 0 Å². The Morgan fingerprint density at radius 1 is 1.21 bits per heavy atom. The van der Waals surface area contributed by atoms with Crippen LogP contribution in [0.5, 0.6) is 0 Å². The van der Waals surface area contributed by atoms with Gasteiger partial charge in [0.05, 0.1) is 5.56 Å². The predicted molar refractivity (Wildman–Crippen MR) is 56.5 cm³/mol. The lowest BCUT2D eigenvalue weighted by atomic mass is 10.1. The highest BCUT2D eigenvalue weighted by atomic mass is 35.5. The maximum Gasteiger partial charge on any atom is 0.136 e. The molecule has 0 amide bonds.